The van der Waals surface area contributed by atoms with Crippen molar-refractivity contribution in [2.24, 2.45) is 0 Å². The first-order chi connectivity index (χ1) is 7.31. The maximum absolute atomic E-state index is 10.9. The van der Waals surface area contributed by atoms with E-state index in [0.717, 1.165) is 29.5 Å². The van der Waals surface area contributed by atoms with E-state index < -0.39 is 0 Å². The molecular weight excluding hydrogens is 190 g/mol. The summed E-state index contributed by atoms with van der Waals surface area (Å²) in [4.78, 5) is 10.9. The fourth-order valence-electron chi connectivity index (χ4n) is 1.86. The van der Waals surface area contributed by atoms with Gasteiger partial charge >= 0.3 is 0 Å². The third-order valence-corrected chi connectivity index (χ3v) is 2.58. The molecule has 1 aromatic heterocycles. The lowest BCUT2D eigenvalue weighted by molar-refractivity contribution is 0.112. The average molecular weight is 203 g/mol. The van der Waals surface area contributed by atoms with E-state index in [1.807, 2.05) is 35.9 Å². The van der Waals surface area contributed by atoms with Gasteiger partial charge < -0.3 is 9.30 Å². The lowest BCUT2D eigenvalue weighted by Gasteiger charge is -2.05. The van der Waals surface area contributed by atoms with Gasteiger partial charge in [-0.15, -0.1) is 0 Å². The summed E-state index contributed by atoms with van der Waals surface area (Å²) in [6, 6.07) is 5.74. The molecule has 0 bridgehead atoms. The highest BCUT2D eigenvalue weighted by atomic mass is 16.5. The van der Waals surface area contributed by atoms with Crippen molar-refractivity contribution in [1.29, 1.82) is 0 Å². The zero-order valence-electron chi connectivity index (χ0n) is 8.86. The summed E-state index contributed by atoms with van der Waals surface area (Å²) in [7, 11) is 1.64. The van der Waals surface area contributed by atoms with Crippen LogP contribution >= 0.6 is 0 Å². The minimum atomic E-state index is 0.714. The molecule has 0 N–H and O–H groups in total. The Kier molecular flexibility index (Phi) is 2.46. The van der Waals surface area contributed by atoms with E-state index in [9.17, 15) is 4.79 Å². The molecule has 0 radical (unpaired) electrons. The molecule has 1 aromatic carbocycles. The Morgan fingerprint density at radius 2 is 2.27 bits per heavy atom. The first-order valence-corrected chi connectivity index (χ1v) is 4.92. The number of ether oxygens (including phenoxy) is 1. The van der Waals surface area contributed by atoms with Gasteiger partial charge in [0.1, 0.15) is 5.75 Å². The van der Waals surface area contributed by atoms with Crippen LogP contribution in [0.25, 0.3) is 10.9 Å². The van der Waals surface area contributed by atoms with E-state index >= 15 is 0 Å². The van der Waals surface area contributed by atoms with E-state index in [4.69, 9.17) is 4.74 Å². The van der Waals surface area contributed by atoms with Crippen LogP contribution in [0.15, 0.2) is 24.4 Å². The number of rotatable bonds is 3. The average Bonchev–Trinajstić information content (AvgIpc) is 2.66. The van der Waals surface area contributed by atoms with Gasteiger partial charge in [-0.2, -0.15) is 0 Å². The number of aryl methyl sites for hydroxylation is 1. The molecule has 15 heavy (non-hydrogen) atoms. The SMILES string of the molecule is CCn1cc(C=O)c2cccc(OC)c21. The van der Waals surface area contributed by atoms with Gasteiger partial charge in [0.05, 0.1) is 12.6 Å². The number of hydrogen-bond acceptors (Lipinski definition) is 2. The standard InChI is InChI=1S/C12H13NO2/c1-3-13-7-9(8-14)10-5-4-6-11(15-2)12(10)13/h4-8H,3H2,1-2H3. The second-order valence-corrected chi connectivity index (χ2v) is 3.34. The Morgan fingerprint density at radius 1 is 1.47 bits per heavy atom. The lowest BCUT2D eigenvalue weighted by Crippen LogP contribution is -1.93. The largest absolute Gasteiger partial charge is 0.495 e. The van der Waals surface area contributed by atoms with Gasteiger partial charge in [0.15, 0.2) is 6.29 Å². The molecule has 0 spiro atoms. The summed E-state index contributed by atoms with van der Waals surface area (Å²) in [6.45, 7) is 2.87. The number of aromatic nitrogens is 1. The van der Waals surface area contributed by atoms with Crippen molar-refractivity contribution >= 4 is 17.2 Å². The van der Waals surface area contributed by atoms with Gasteiger partial charge in [0.2, 0.25) is 0 Å². The van der Waals surface area contributed by atoms with Crippen molar-refractivity contribution in [2.45, 2.75) is 13.5 Å². The Balaban J connectivity index is 2.84. The van der Waals surface area contributed by atoms with Crippen molar-refractivity contribution in [2.75, 3.05) is 7.11 Å². The highest BCUT2D eigenvalue weighted by Gasteiger charge is 2.10. The molecule has 2 aromatic rings. The Hall–Kier alpha value is -1.77. The zero-order valence-corrected chi connectivity index (χ0v) is 8.86. The molecule has 2 rings (SSSR count). The fourth-order valence-corrected chi connectivity index (χ4v) is 1.86. The highest BCUT2D eigenvalue weighted by Crippen LogP contribution is 2.28. The molecule has 0 fully saturated rings. The lowest BCUT2D eigenvalue weighted by atomic mass is 10.2. The quantitative estimate of drug-likeness (QED) is 0.717. The molecule has 0 saturated heterocycles. The first kappa shape index (κ1) is 9.77. The molecule has 0 aliphatic rings. The summed E-state index contributed by atoms with van der Waals surface area (Å²) in [5.74, 6) is 0.808. The smallest absolute Gasteiger partial charge is 0.152 e. The van der Waals surface area contributed by atoms with Crippen LogP contribution in [-0.2, 0) is 6.54 Å². The molecule has 0 aliphatic heterocycles. The number of aldehydes is 1. The minimum Gasteiger partial charge on any atom is -0.495 e. The first-order valence-electron chi connectivity index (χ1n) is 4.92. The third-order valence-electron chi connectivity index (χ3n) is 2.58. The highest BCUT2D eigenvalue weighted by molar-refractivity contribution is 6.00. The monoisotopic (exact) mass is 203 g/mol. The van der Waals surface area contributed by atoms with Crippen LogP contribution in [0, 0.1) is 0 Å². The summed E-state index contributed by atoms with van der Waals surface area (Å²) in [5, 5.41) is 0.950. The van der Waals surface area contributed by atoms with Crippen LogP contribution < -0.4 is 4.74 Å². The molecule has 0 saturated carbocycles. The summed E-state index contributed by atoms with van der Waals surface area (Å²) >= 11 is 0. The Morgan fingerprint density at radius 3 is 2.87 bits per heavy atom. The fraction of sp³-hybridized carbons (Fsp3) is 0.250. The van der Waals surface area contributed by atoms with E-state index in [1.54, 1.807) is 7.11 Å². The van der Waals surface area contributed by atoms with Crippen LogP contribution in [0.1, 0.15) is 17.3 Å². The molecule has 0 atom stereocenters. The molecule has 3 nitrogen and oxygen atoms in total. The van der Waals surface area contributed by atoms with E-state index in [-0.39, 0.29) is 0 Å². The van der Waals surface area contributed by atoms with E-state index in [2.05, 4.69) is 0 Å². The topological polar surface area (TPSA) is 31.2 Å². The van der Waals surface area contributed by atoms with Gasteiger partial charge in [-0.05, 0) is 13.0 Å². The predicted octanol–water partition coefficient (Wildman–Crippen LogP) is 2.48. The van der Waals surface area contributed by atoms with Gasteiger partial charge in [0.25, 0.3) is 0 Å². The normalized spacial score (nSPS) is 10.5. The number of fused-ring (bicyclic) bond motifs is 1. The van der Waals surface area contributed by atoms with E-state index in [1.165, 1.54) is 0 Å². The van der Waals surface area contributed by atoms with Crippen molar-refractivity contribution in [3.63, 3.8) is 0 Å². The Bertz CT molecular complexity index is 500. The predicted molar refractivity (Wildman–Crippen MR) is 59.6 cm³/mol. The zero-order chi connectivity index (χ0) is 10.8. The molecule has 3 heteroatoms. The molecule has 0 amide bonds. The van der Waals surface area contributed by atoms with Crippen LogP contribution in [0.4, 0.5) is 0 Å². The van der Waals surface area contributed by atoms with E-state index in [0.29, 0.717) is 5.56 Å². The summed E-state index contributed by atoms with van der Waals surface area (Å²) in [6.07, 6.45) is 2.74. The van der Waals surface area contributed by atoms with Crippen molar-refractivity contribution in [1.82, 2.24) is 4.57 Å². The second-order valence-electron chi connectivity index (χ2n) is 3.34. The number of para-hydroxylation sites is 1. The summed E-state index contributed by atoms with van der Waals surface area (Å²) in [5.41, 5.74) is 1.70. The molecule has 78 valence electrons. The maximum Gasteiger partial charge on any atom is 0.152 e. The van der Waals surface area contributed by atoms with Crippen molar-refractivity contribution < 1.29 is 9.53 Å². The van der Waals surface area contributed by atoms with Crippen LogP contribution in [0.5, 0.6) is 5.75 Å². The van der Waals surface area contributed by atoms with Crippen molar-refractivity contribution in [3.8, 4) is 5.75 Å². The molecule has 0 unspecified atom stereocenters. The van der Waals surface area contributed by atoms with Gasteiger partial charge in [-0.3, -0.25) is 4.79 Å². The maximum atomic E-state index is 10.9. The number of methoxy groups -OCH3 is 1. The van der Waals surface area contributed by atoms with Crippen LogP contribution in [-0.4, -0.2) is 18.0 Å². The van der Waals surface area contributed by atoms with Gasteiger partial charge in [-0.25, -0.2) is 0 Å². The second kappa shape index (κ2) is 3.77. The molecule has 0 aliphatic carbocycles. The van der Waals surface area contributed by atoms with Gasteiger partial charge in [0, 0.05) is 23.7 Å². The van der Waals surface area contributed by atoms with Crippen molar-refractivity contribution in [3.05, 3.63) is 30.0 Å². The van der Waals surface area contributed by atoms with Crippen LogP contribution in [0.3, 0.4) is 0 Å². The number of nitrogens with zero attached hydrogens (tertiary/aromatic N) is 1. The van der Waals surface area contributed by atoms with Crippen LogP contribution in [0.2, 0.25) is 0 Å². The van der Waals surface area contributed by atoms with Gasteiger partial charge in [-0.1, -0.05) is 12.1 Å². The molecule has 1 heterocycles. The third kappa shape index (κ3) is 1.40. The number of carbonyl (C=O) groups is 1. The molecular formula is C12H13NO2. The minimum absolute atomic E-state index is 0.714. The number of carbonyl (C=O) groups excluding carboxylic acids is 1. The number of hydrogen-bond donors (Lipinski definition) is 0. The Labute approximate surface area is 88.3 Å². The number of benzene rings is 1. The summed E-state index contributed by atoms with van der Waals surface area (Å²) < 4.78 is 7.32.